The first-order valence-electron chi connectivity index (χ1n) is 6.18. The minimum atomic E-state index is 0.362. The van der Waals surface area contributed by atoms with E-state index in [9.17, 15) is 0 Å². The zero-order valence-electron chi connectivity index (χ0n) is 10.6. The summed E-state index contributed by atoms with van der Waals surface area (Å²) in [6.45, 7) is 2.44. The lowest BCUT2D eigenvalue weighted by Gasteiger charge is -2.06. The summed E-state index contributed by atoms with van der Waals surface area (Å²) in [7, 11) is 0. The maximum Gasteiger partial charge on any atom is 0.319 e. The Labute approximate surface area is 111 Å². The van der Waals surface area contributed by atoms with Crippen molar-refractivity contribution < 1.29 is 4.74 Å². The van der Waals surface area contributed by atoms with Crippen molar-refractivity contribution in [2.75, 3.05) is 6.61 Å². The molecule has 0 unspecified atom stereocenters. The van der Waals surface area contributed by atoms with Gasteiger partial charge in [0, 0.05) is 5.56 Å². The number of hydrogen-bond acceptors (Lipinski definition) is 4. The molecule has 19 heavy (non-hydrogen) atoms. The van der Waals surface area contributed by atoms with Crippen LogP contribution in [0.1, 0.15) is 6.92 Å². The molecule has 1 aromatic heterocycles. The van der Waals surface area contributed by atoms with Gasteiger partial charge in [0.05, 0.1) is 6.61 Å². The summed E-state index contributed by atoms with van der Waals surface area (Å²) in [4.78, 5) is 12.6. The maximum atomic E-state index is 5.32. The Kier molecular flexibility index (Phi) is 3.06. The zero-order chi connectivity index (χ0) is 13.1. The molecule has 0 saturated heterocycles. The van der Waals surface area contributed by atoms with Crippen molar-refractivity contribution in [2.24, 2.45) is 0 Å². The molecule has 3 rings (SSSR count). The molecule has 0 N–H and O–H groups in total. The normalized spacial score (nSPS) is 10.6. The van der Waals surface area contributed by atoms with Gasteiger partial charge in [-0.1, -0.05) is 42.5 Å². The molecular formula is C15H13N3O. The average molecular weight is 251 g/mol. The smallest absolute Gasteiger partial charge is 0.319 e. The number of fused-ring (bicyclic) bond motifs is 1. The zero-order valence-corrected chi connectivity index (χ0v) is 10.6. The largest absolute Gasteiger partial charge is 0.464 e. The van der Waals surface area contributed by atoms with E-state index >= 15 is 0 Å². The highest BCUT2D eigenvalue weighted by Crippen LogP contribution is 2.26. The molecule has 0 aliphatic carbocycles. The Hall–Kier alpha value is -2.49. The minimum Gasteiger partial charge on any atom is -0.464 e. The van der Waals surface area contributed by atoms with Gasteiger partial charge in [0.15, 0.2) is 5.82 Å². The Bertz CT molecular complexity index is 707. The van der Waals surface area contributed by atoms with Crippen LogP contribution in [-0.4, -0.2) is 21.6 Å². The van der Waals surface area contributed by atoms with Crippen LogP contribution in [0, 0.1) is 0 Å². The second-order valence-electron chi connectivity index (χ2n) is 4.05. The van der Waals surface area contributed by atoms with Gasteiger partial charge in [-0.25, -0.2) is 4.98 Å². The van der Waals surface area contributed by atoms with Crippen LogP contribution >= 0.6 is 0 Å². The van der Waals surface area contributed by atoms with Crippen molar-refractivity contribution in [3.05, 3.63) is 48.8 Å². The fraction of sp³-hybridized carbons (Fsp3) is 0.133. The molecular weight excluding hydrogens is 238 g/mol. The molecule has 0 fully saturated rings. The van der Waals surface area contributed by atoms with Gasteiger partial charge in [-0.3, -0.25) is 0 Å². The lowest BCUT2D eigenvalue weighted by atomic mass is 10.0. The van der Waals surface area contributed by atoms with Gasteiger partial charge < -0.3 is 4.74 Å². The van der Waals surface area contributed by atoms with Crippen molar-refractivity contribution in [1.82, 2.24) is 15.0 Å². The molecule has 0 bridgehead atoms. The van der Waals surface area contributed by atoms with Crippen LogP contribution in [0.3, 0.4) is 0 Å². The second kappa shape index (κ2) is 5.02. The summed E-state index contributed by atoms with van der Waals surface area (Å²) in [5.41, 5.74) is 0.987. The Morgan fingerprint density at radius 2 is 1.84 bits per heavy atom. The van der Waals surface area contributed by atoms with E-state index in [0.29, 0.717) is 18.4 Å². The van der Waals surface area contributed by atoms with E-state index in [2.05, 4.69) is 33.2 Å². The van der Waals surface area contributed by atoms with Crippen molar-refractivity contribution in [2.45, 2.75) is 6.92 Å². The van der Waals surface area contributed by atoms with Gasteiger partial charge in [-0.15, -0.1) is 0 Å². The van der Waals surface area contributed by atoms with Gasteiger partial charge in [-0.05, 0) is 17.7 Å². The molecule has 94 valence electrons. The molecule has 0 amide bonds. The Morgan fingerprint density at radius 1 is 1.00 bits per heavy atom. The van der Waals surface area contributed by atoms with Crippen LogP contribution in [0.2, 0.25) is 0 Å². The first-order valence-corrected chi connectivity index (χ1v) is 6.18. The van der Waals surface area contributed by atoms with Crippen molar-refractivity contribution >= 4 is 10.8 Å². The number of benzene rings is 2. The molecule has 0 spiro atoms. The lowest BCUT2D eigenvalue weighted by Crippen LogP contribution is -2.00. The number of nitrogens with zero attached hydrogens (tertiary/aromatic N) is 3. The SMILES string of the molecule is CCOc1ncnc(-c2cccc3ccccc23)n1. The number of ether oxygens (including phenoxy) is 1. The third-order valence-electron chi connectivity index (χ3n) is 2.85. The Balaban J connectivity index is 2.16. The van der Waals surface area contributed by atoms with Gasteiger partial charge in [0.2, 0.25) is 0 Å². The van der Waals surface area contributed by atoms with Crippen molar-refractivity contribution in [3.8, 4) is 17.4 Å². The van der Waals surface area contributed by atoms with Crippen LogP contribution < -0.4 is 4.74 Å². The third-order valence-corrected chi connectivity index (χ3v) is 2.85. The first kappa shape index (κ1) is 11.6. The molecule has 2 aromatic carbocycles. The van der Waals surface area contributed by atoms with Crippen LogP contribution in [-0.2, 0) is 0 Å². The molecule has 3 aromatic rings. The summed E-state index contributed by atoms with van der Waals surface area (Å²) in [6.07, 6.45) is 1.48. The van der Waals surface area contributed by atoms with E-state index in [0.717, 1.165) is 10.9 Å². The molecule has 0 aliphatic heterocycles. The first-order chi connectivity index (χ1) is 9.38. The highest BCUT2D eigenvalue weighted by atomic mass is 16.5. The number of rotatable bonds is 3. The van der Waals surface area contributed by atoms with Crippen molar-refractivity contribution in [1.29, 1.82) is 0 Å². The monoisotopic (exact) mass is 251 g/mol. The molecule has 0 radical (unpaired) electrons. The topological polar surface area (TPSA) is 47.9 Å². The highest BCUT2D eigenvalue weighted by Gasteiger charge is 2.07. The number of aromatic nitrogens is 3. The molecule has 0 atom stereocenters. The molecule has 4 heteroatoms. The summed E-state index contributed by atoms with van der Waals surface area (Å²) < 4.78 is 5.32. The van der Waals surface area contributed by atoms with Gasteiger partial charge in [0.25, 0.3) is 0 Å². The quantitative estimate of drug-likeness (QED) is 0.717. The highest BCUT2D eigenvalue weighted by molar-refractivity contribution is 5.94. The molecule has 0 saturated carbocycles. The van der Waals surface area contributed by atoms with E-state index in [1.54, 1.807) is 0 Å². The minimum absolute atomic E-state index is 0.362. The van der Waals surface area contributed by atoms with E-state index < -0.39 is 0 Å². The third kappa shape index (κ3) is 2.25. The summed E-state index contributed by atoms with van der Waals surface area (Å²) in [5, 5.41) is 2.29. The van der Waals surface area contributed by atoms with Gasteiger partial charge in [-0.2, -0.15) is 9.97 Å². The van der Waals surface area contributed by atoms with E-state index in [1.807, 2.05) is 31.2 Å². The fourth-order valence-corrected chi connectivity index (χ4v) is 2.03. The van der Waals surface area contributed by atoms with Crippen LogP contribution in [0.25, 0.3) is 22.2 Å². The fourth-order valence-electron chi connectivity index (χ4n) is 2.03. The van der Waals surface area contributed by atoms with Crippen LogP contribution in [0.15, 0.2) is 48.8 Å². The summed E-state index contributed by atoms with van der Waals surface area (Å²) >= 11 is 0. The van der Waals surface area contributed by atoms with Crippen LogP contribution in [0.5, 0.6) is 6.01 Å². The van der Waals surface area contributed by atoms with E-state index in [1.165, 1.54) is 11.7 Å². The lowest BCUT2D eigenvalue weighted by molar-refractivity contribution is 0.312. The van der Waals surface area contributed by atoms with E-state index in [-0.39, 0.29) is 0 Å². The standard InChI is InChI=1S/C15H13N3O/c1-2-19-15-17-10-16-14(18-15)13-9-5-7-11-6-3-4-8-12(11)13/h3-10H,2H2,1H3. The number of hydrogen-bond donors (Lipinski definition) is 0. The summed E-state index contributed by atoms with van der Waals surface area (Å²) in [5.74, 6) is 0.634. The van der Waals surface area contributed by atoms with Gasteiger partial charge >= 0.3 is 6.01 Å². The second-order valence-corrected chi connectivity index (χ2v) is 4.05. The maximum absolute atomic E-state index is 5.32. The van der Waals surface area contributed by atoms with Gasteiger partial charge in [0.1, 0.15) is 6.33 Å². The van der Waals surface area contributed by atoms with E-state index in [4.69, 9.17) is 4.74 Å². The van der Waals surface area contributed by atoms with Crippen LogP contribution in [0.4, 0.5) is 0 Å². The predicted octanol–water partition coefficient (Wildman–Crippen LogP) is 3.09. The molecule has 0 aliphatic rings. The molecule has 4 nitrogen and oxygen atoms in total. The predicted molar refractivity (Wildman–Crippen MR) is 73.9 cm³/mol. The summed E-state index contributed by atoms with van der Waals surface area (Å²) in [6, 6.07) is 14.6. The average Bonchev–Trinajstić information content (AvgIpc) is 2.47. The molecule has 1 heterocycles. The van der Waals surface area contributed by atoms with Crippen molar-refractivity contribution in [3.63, 3.8) is 0 Å². The Morgan fingerprint density at radius 3 is 2.74 bits per heavy atom.